The van der Waals surface area contributed by atoms with E-state index in [-0.39, 0.29) is 60.4 Å². The molecular weight excluding hydrogens is 1460 g/mol. The Kier molecular flexibility index (Phi) is 30.1. The smallest absolute Gasteiger partial charge is 0.364 e. The minimum Gasteiger partial charge on any atom is -0.497 e. The van der Waals surface area contributed by atoms with Gasteiger partial charge in [-0.1, -0.05) is 172 Å². The molecule has 3 fully saturated rings. The quantitative estimate of drug-likeness (QED) is 0.0201. The van der Waals surface area contributed by atoms with Gasteiger partial charge in [0.05, 0.1) is 80.4 Å². The van der Waals surface area contributed by atoms with Crippen molar-refractivity contribution in [1.82, 2.24) is 75.2 Å². The topological polar surface area (TPSA) is 355 Å². The molecule has 3 atom stereocenters. The van der Waals surface area contributed by atoms with Crippen molar-refractivity contribution in [2.75, 3.05) is 20.3 Å². The molecule has 0 saturated heterocycles. The van der Waals surface area contributed by atoms with E-state index in [9.17, 15) is 29.7 Å². The molecule has 3 unspecified atom stereocenters. The molecule has 0 bridgehead atoms. The van der Waals surface area contributed by atoms with Crippen LogP contribution >= 0.6 is 0 Å². The Morgan fingerprint density at radius 2 is 0.817 bits per heavy atom. The minimum absolute atomic E-state index is 0.00256. The highest BCUT2D eigenvalue weighted by Crippen LogP contribution is 2.40. The first-order chi connectivity index (χ1) is 55.7. The second kappa shape index (κ2) is 40.6. The van der Waals surface area contributed by atoms with Crippen LogP contribution in [-0.4, -0.2) is 169 Å². The summed E-state index contributed by atoms with van der Waals surface area (Å²) in [5.74, 6) is 0.572. The van der Waals surface area contributed by atoms with Gasteiger partial charge in [-0.15, -0.1) is 5.10 Å². The molecule has 0 aliphatic heterocycles. The van der Waals surface area contributed by atoms with Crippen molar-refractivity contribution in [3.63, 3.8) is 0 Å². The molecule has 10 aromatic rings. The standard InChI is InChI=1S/C35H45N5O5.C27H37N5O4.C25H33N5O4/c1-5-21-35(42,6-2)24-39-22-20-31(37-39)28-12-10-26(11-13-28)27-14-18-30(19-15-27)45-33-32(34(41)44-7-3)36-38-40(33)23-25-8-16-29(43-4)17-9-25;1-4-16-27(34,5-2)18-32-17-15-23(30-32)21-9-7-19(8-10-21)20-11-13-22(14-12-20)36-25-24(28-31-29-25)26(33)35-6-3;1-3-14-25(33,4-2)16-30-15-13-21(28-30)19-7-5-17(6-8-19)18-9-11-20(12-10-18)34-23-22(24(31)32)26-29-27-23/h8-13,16-17,20,22,27,30,42H,5-7,14-15,18-19,21,23-24H2,1-4H3;7-10,15,17,20,22,34H,4-6,11-14,16,18H2,1-3H3,(H,28,29,31);5-8,13,15,18,20,33H,3-4,9-12,14,16H2,1-2H3,(H,31,32)(H,26,27,29). The molecule has 616 valence electrons. The number of carboxylic acid groups (broad SMARTS) is 1. The molecule has 28 heteroatoms. The number of methoxy groups -OCH3 is 1. The van der Waals surface area contributed by atoms with Gasteiger partial charge in [-0.3, -0.25) is 14.0 Å². The number of aliphatic hydroxyl groups is 3. The lowest BCUT2D eigenvalue weighted by atomic mass is 9.82. The van der Waals surface area contributed by atoms with Crippen molar-refractivity contribution in [3.8, 4) is 57.2 Å². The van der Waals surface area contributed by atoms with Crippen LogP contribution in [0.4, 0.5) is 0 Å². The molecule has 6 heterocycles. The van der Waals surface area contributed by atoms with Gasteiger partial charge in [-0.05, 0) is 200 Å². The average molecular weight is 1580 g/mol. The fraction of sp³-hybridized carbons (Fsp3) is 0.517. The summed E-state index contributed by atoms with van der Waals surface area (Å²) in [5.41, 5.74) is 8.83. The van der Waals surface area contributed by atoms with Gasteiger partial charge in [0.1, 0.15) is 24.1 Å². The van der Waals surface area contributed by atoms with Gasteiger partial charge in [-0.2, -0.15) is 15.3 Å². The molecule has 0 amide bonds. The molecule has 0 radical (unpaired) electrons. The Balaban J connectivity index is 0.000000172. The number of carbonyl (C=O) groups is 3. The highest BCUT2D eigenvalue weighted by molar-refractivity contribution is 5.90. The number of hydrogen-bond acceptors (Lipinski definition) is 21. The number of benzene rings is 4. The van der Waals surface area contributed by atoms with Crippen molar-refractivity contribution in [3.05, 3.63) is 173 Å². The summed E-state index contributed by atoms with van der Waals surface area (Å²) >= 11 is 0. The van der Waals surface area contributed by atoms with E-state index >= 15 is 0 Å². The van der Waals surface area contributed by atoms with Crippen molar-refractivity contribution in [1.29, 1.82) is 0 Å². The highest BCUT2D eigenvalue weighted by Gasteiger charge is 2.34. The van der Waals surface area contributed by atoms with Crippen molar-refractivity contribution in [2.45, 2.75) is 269 Å². The molecule has 28 nitrogen and oxygen atoms in total. The lowest BCUT2D eigenvalue weighted by molar-refractivity contribution is 0.00630. The lowest BCUT2D eigenvalue weighted by Crippen LogP contribution is -2.33. The number of rotatable bonds is 35. The molecule has 115 heavy (non-hydrogen) atoms. The number of nitrogens with one attached hydrogen (secondary N) is 2. The van der Waals surface area contributed by atoms with Gasteiger partial charge in [-0.25, -0.2) is 29.3 Å². The van der Waals surface area contributed by atoms with Crippen molar-refractivity contribution >= 4 is 17.9 Å². The van der Waals surface area contributed by atoms with E-state index in [1.54, 1.807) is 25.6 Å². The van der Waals surface area contributed by atoms with Crippen LogP contribution in [0.2, 0.25) is 0 Å². The van der Waals surface area contributed by atoms with E-state index in [0.29, 0.717) is 69.1 Å². The Labute approximate surface area is 673 Å². The first-order valence-corrected chi connectivity index (χ1v) is 41.2. The average Bonchev–Trinajstić information content (AvgIpc) is 1.62. The molecule has 3 saturated carbocycles. The van der Waals surface area contributed by atoms with Crippen LogP contribution in [0.5, 0.6) is 23.4 Å². The van der Waals surface area contributed by atoms with Crippen LogP contribution in [0, 0.1) is 0 Å². The van der Waals surface area contributed by atoms with Crippen LogP contribution in [0.1, 0.15) is 262 Å². The Morgan fingerprint density at radius 1 is 0.452 bits per heavy atom. The number of ether oxygens (including phenoxy) is 6. The Bertz CT molecular complexity index is 4640. The molecule has 3 aliphatic carbocycles. The Hall–Kier alpha value is -10.6. The number of aromatic nitrogens is 15. The first kappa shape index (κ1) is 85.3. The van der Waals surface area contributed by atoms with Crippen LogP contribution in [0.25, 0.3) is 33.8 Å². The predicted octanol–water partition coefficient (Wildman–Crippen LogP) is 15.7. The normalized spacial score (nSPS) is 19.1. The van der Waals surface area contributed by atoms with Crippen LogP contribution in [-0.2, 0) is 35.7 Å². The number of esters is 2. The minimum atomic E-state index is -1.12. The molecule has 0 spiro atoms. The maximum atomic E-state index is 12.7. The van der Waals surface area contributed by atoms with Gasteiger partial charge in [0.25, 0.3) is 11.8 Å². The second-order valence-corrected chi connectivity index (χ2v) is 30.8. The van der Waals surface area contributed by atoms with E-state index in [0.717, 1.165) is 161 Å². The summed E-state index contributed by atoms with van der Waals surface area (Å²) in [7, 11) is 1.63. The van der Waals surface area contributed by atoms with E-state index in [2.05, 4.69) is 140 Å². The van der Waals surface area contributed by atoms with E-state index in [1.807, 2.05) is 95.9 Å². The fourth-order valence-corrected chi connectivity index (χ4v) is 15.8. The zero-order chi connectivity index (χ0) is 81.5. The van der Waals surface area contributed by atoms with Crippen molar-refractivity contribution < 1.29 is 63.2 Å². The summed E-state index contributed by atoms with van der Waals surface area (Å²) in [5, 5.41) is 83.9. The van der Waals surface area contributed by atoms with Gasteiger partial charge >= 0.3 is 17.9 Å². The molecule has 6 aromatic heterocycles. The number of aromatic amines is 2. The van der Waals surface area contributed by atoms with E-state index in [1.165, 1.54) is 16.7 Å². The third-order valence-electron chi connectivity index (χ3n) is 22.7. The predicted molar refractivity (Wildman–Crippen MR) is 434 cm³/mol. The third kappa shape index (κ3) is 22.9. The SMILES string of the molecule is CCCC(O)(CC)Cn1ccc(-c2ccc(C3CCC(Oc4c(C(=O)OCC)nnn4Cc4ccc(OC)cc4)CC3)cc2)n1.CCCC(O)(CC)Cn1ccc(-c2ccc(C3CCC(Oc4nn[nH]c4C(=O)O)CC3)cc2)n1.CCCC(O)(CC)Cn1ccc(-c2ccc(C3CCC(Oc4nn[nH]c4C(=O)OCC)CC3)cc2)n1. The first-order valence-electron chi connectivity index (χ1n) is 41.2. The maximum absolute atomic E-state index is 12.7. The summed E-state index contributed by atoms with van der Waals surface area (Å²) in [4.78, 5) is 35.9. The lowest BCUT2D eigenvalue weighted by Gasteiger charge is -2.29. The monoisotopic (exact) mass is 1580 g/mol. The van der Waals surface area contributed by atoms with E-state index in [4.69, 9.17) is 43.7 Å². The van der Waals surface area contributed by atoms with Crippen molar-refractivity contribution in [2.24, 2.45) is 0 Å². The number of aromatic carboxylic acids is 1. The van der Waals surface area contributed by atoms with Gasteiger partial charge in [0.15, 0.2) is 0 Å². The Morgan fingerprint density at radius 3 is 1.17 bits per heavy atom. The largest absolute Gasteiger partial charge is 0.497 e. The number of H-pyrrole nitrogens is 2. The number of nitrogens with zero attached hydrogens (tertiary/aromatic N) is 13. The number of carbonyl (C=O) groups excluding carboxylic acids is 2. The summed E-state index contributed by atoms with van der Waals surface area (Å²) in [6, 6.07) is 39.6. The van der Waals surface area contributed by atoms with Gasteiger partial charge in [0.2, 0.25) is 23.0 Å². The summed E-state index contributed by atoms with van der Waals surface area (Å²) in [6.07, 6.45) is 24.0. The van der Waals surface area contributed by atoms with Crippen LogP contribution in [0.15, 0.2) is 134 Å². The number of hydrogen-bond donors (Lipinski definition) is 6. The van der Waals surface area contributed by atoms with E-state index < -0.39 is 34.7 Å². The summed E-state index contributed by atoms with van der Waals surface area (Å²) in [6.45, 7) is 18.3. The molecule has 13 rings (SSSR count). The summed E-state index contributed by atoms with van der Waals surface area (Å²) < 4.78 is 40.9. The molecule has 3 aliphatic rings. The zero-order valence-corrected chi connectivity index (χ0v) is 68.0. The van der Waals surface area contributed by atoms with Gasteiger partial charge < -0.3 is 48.8 Å². The van der Waals surface area contributed by atoms with Crippen LogP contribution < -0.4 is 18.9 Å². The third-order valence-corrected chi connectivity index (χ3v) is 22.7. The number of carboxylic acids is 1. The highest BCUT2D eigenvalue weighted by atomic mass is 16.5. The fourth-order valence-electron chi connectivity index (χ4n) is 15.8. The molecular formula is C87H115N15O13. The molecule has 4 aromatic carbocycles. The maximum Gasteiger partial charge on any atom is 0.364 e. The van der Waals surface area contributed by atoms with Crippen LogP contribution in [0.3, 0.4) is 0 Å². The second-order valence-electron chi connectivity index (χ2n) is 30.8. The zero-order valence-electron chi connectivity index (χ0n) is 68.0. The van der Waals surface area contributed by atoms with Gasteiger partial charge in [0, 0.05) is 35.3 Å². The molecule has 6 N–H and O–H groups in total.